The van der Waals surface area contributed by atoms with Crippen LogP contribution in [0.3, 0.4) is 0 Å². The number of nitrogens with zero attached hydrogens (tertiary/aromatic N) is 1. The molecule has 17 heavy (non-hydrogen) atoms. The van der Waals surface area contributed by atoms with Gasteiger partial charge >= 0.3 is 0 Å². The average Bonchev–Trinajstić information content (AvgIpc) is 2.78. The monoisotopic (exact) mass is 235 g/mol. The molecule has 0 amide bonds. The minimum absolute atomic E-state index is 0.392. The molecule has 1 aromatic heterocycles. The molecule has 1 aliphatic carbocycles. The molecule has 2 aliphatic rings. The Balaban J connectivity index is 1.62. The van der Waals surface area contributed by atoms with Gasteiger partial charge in [0.25, 0.3) is 0 Å². The van der Waals surface area contributed by atoms with Crippen LogP contribution >= 0.6 is 0 Å². The van der Waals surface area contributed by atoms with Crippen LogP contribution in [0, 0.1) is 13.8 Å². The molecule has 1 atom stereocenters. The van der Waals surface area contributed by atoms with Crippen LogP contribution in [-0.4, -0.2) is 23.1 Å². The minimum Gasteiger partial charge on any atom is -0.444 e. The van der Waals surface area contributed by atoms with Crippen LogP contribution in [0.15, 0.2) is 4.42 Å². The summed E-state index contributed by atoms with van der Waals surface area (Å²) in [7, 11) is 0. The minimum atomic E-state index is 0.392. The highest BCUT2D eigenvalue weighted by molar-refractivity contribution is 5.11. The van der Waals surface area contributed by atoms with Crippen LogP contribution in [-0.2, 0) is 6.54 Å². The first-order valence-electron chi connectivity index (χ1n) is 6.61. The fourth-order valence-electron chi connectivity index (χ4n) is 3.20. The predicted molar refractivity (Wildman–Crippen MR) is 65.8 cm³/mol. The summed E-state index contributed by atoms with van der Waals surface area (Å²) in [6.07, 6.45) is 5.23. The third-order valence-electron chi connectivity index (χ3n) is 4.33. The number of rotatable bonds is 3. The number of oxazole rings is 1. The lowest BCUT2D eigenvalue weighted by molar-refractivity contribution is 0.168. The first-order chi connectivity index (χ1) is 8.20. The van der Waals surface area contributed by atoms with Gasteiger partial charge in [0.1, 0.15) is 5.76 Å². The molecule has 1 aromatic rings. The topological polar surface area (TPSA) is 50.1 Å². The number of hydrogen-bond donors (Lipinski definition) is 2. The molecule has 0 radical (unpaired) electrons. The smallest absolute Gasteiger partial charge is 0.191 e. The van der Waals surface area contributed by atoms with Gasteiger partial charge < -0.3 is 15.1 Å². The summed E-state index contributed by atoms with van der Waals surface area (Å²) >= 11 is 0. The second kappa shape index (κ2) is 4.10. The van der Waals surface area contributed by atoms with Gasteiger partial charge in [-0.25, -0.2) is 4.98 Å². The third kappa shape index (κ3) is 1.89. The highest BCUT2D eigenvalue weighted by Crippen LogP contribution is 2.39. The van der Waals surface area contributed by atoms with E-state index in [0.29, 0.717) is 11.6 Å². The van der Waals surface area contributed by atoms with Crippen molar-refractivity contribution in [1.29, 1.82) is 0 Å². The van der Waals surface area contributed by atoms with Gasteiger partial charge in [-0.3, -0.25) is 0 Å². The Kier molecular flexibility index (Phi) is 2.71. The van der Waals surface area contributed by atoms with E-state index in [1.807, 2.05) is 13.8 Å². The molecule has 3 rings (SSSR count). The van der Waals surface area contributed by atoms with Crippen LogP contribution < -0.4 is 10.6 Å². The third-order valence-corrected chi connectivity index (χ3v) is 4.33. The molecule has 1 aliphatic heterocycles. The SMILES string of the molecule is Cc1nc(C)c(CNC2CCNC23CCC3)o1. The maximum absolute atomic E-state index is 5.60. The summed E-state index contributed by atoms with van der Waals surface area (Å²) in [6.45, 7) is 5.87. The van der Waals surface area contributed by atoms with E-state index in [0.717, 1.165) is 30.4 Å². The molecule has 1 unspecified atom stereocenters. The highest BCUT2D eigenvalue weighted by Gasteiger charge is 2.46. The van der Waals surface area contributed by atoms with Crippen molar-refractivity contribution in [1.82, 2.24) is 15.6 Å². The molecule has 0 aromatic carbocycles. The van der Waals surface area contributed by atoms with E-state index in [4.69, 9.17) is 4.42 Å². The van der Waals surface area contributed by atoms with Crippen molar-refractivity contribution < 1.29 is 4.42 Å². The summed E-state index contributed by atoms with van der Waals surface area (Å²) in [6, 6.07) is 0.598. The zero-order valence-electron chi connectivity index (χ0n) is 10.7. The van der Waals surface area contributed by atoms with Crippen LogP contribution in [0.25, 0.3) is 0 Å². The molecule has 1 saturated carbocycles. The lowest BCUT2D eigenvalue weighted by Crippen LogP contribution is -2.57. The standard InChI is InChI=1S/C13H21N3O/c1-9-11(17-10(2)16-9)8-14-12-4-7-15-13(12)5-3-6-13/h12,14-15H,3-8H2,1-2H3. The van der Waals surface area contributed by atoms with Crippen LogP contribution in [0.4, 0.5) is 0 Å². The molecular weight excluding hydrogens is 214 g/mol. The van der Waals surface area contributed by atoms with Gasteiger partial charge in [-0.05, 0) is 39.2 Å². The van der Waals surface area contributed by atoms with Gasteiger partial charge in [0.2, 0.25) is 0 Å². The van der Waals surface area contributed by atoms with E-state index < -0.39 is 0 Å². The van der Waals surface area contributed by atoms with Gasteiger partial charge in [-0.2, -0.15) is 0 Å². The van der Waals surface area contributed by atoms with E-state index in [2.05, 4.69) is 15.6 Å². The summed E-state index contributed by atoms with van der Waals surface area (Å²) in [4.78, 5) is 4.30. The molecule has 1 saturated heterocycles. The fourth-order valence-corrected chi connectivity index (χ4v) is 3.20. The zero-order chi connectivity index (χ0) is 11.9. The molecule has 2 heterocycles. The van der Waals surface area contributed by atoms with Gasteiger partial charge in [0.05, 0.1) is 12.2 Å². The van der Waals surface area contributed by atoms with Crippen molar-refractivity contribution in [3.63, 3.8) is 0 Å². The highest BCUT2D eigenvalue weighted by atomic mass is 16.4. The van der Waals surface area contributed by atoms with E-state index in [-0.39, 0.29) is 0 Å². The van der Waals surface area contributed by atoms with Crippen LogP contribution in [0.5, 0.6) is 0 Å². The van der Waals surface area contributed by atoms with Crippen LogP contribution in [0.2, 0.25) is 0 Å². The van der Waals surface area contributed by atoms with Gasteiger partial charge in [0, 0.05) is 18.5 Å². The molecule has 2 N–H and O–H groups in total. The molecule has 4 heteroatoms. The van der Waals surface area contributed by atoms with Gasteiger partial charge in [-0.15, -0.1) is 0 Å². The Labute approximate surface area is 102 Å². The van der Waals surface area contributed by atoms with Crippen LogP contribution in [0.1, 0.15) is 43.0 Å². The Morgan fingerprint density at radius 2 is 2.29 bits per heavy atom. The Bertz CT molecular complexity index is 409. The Morgan fingerprint density at radius 1 is 1.47 bits per heavy atom. The van der Waals surface area contributed by atoms with E-state index >= 15 is 0 Å². The number of nitrogens with one attached hydrogen (secondary N) is 2. The predicted octanol–water partition coefficient (Wildman–Crippen LogP) is 1.67. The van der Waals surface area contributed by atoms with Gasteiger partial charge in [-0.1, -0.05) is 0 Å². The lowest BCUT2D eigenvalue weighted by Gasteiger charge is -2.43. The van der Waals surface area contributed by atoms with Gasteiger partial charge in [0.15, 0.2) is 5.89 Å². The molecule has 1 spiro atoms. The van der Waals surface area contributed by atoms with Crippen molar-refractivity contribution in [2.75, 3.05) is 6.54 Å². The molecule has 0 bridgehead atoms. The van der Waals surface area contributed by atoms with Crippen molar-refractivity contribution in [3.05, 3.63) is 17.3 Å². The largest absolute Gasteiger partial charge is 0.444 e. The second-order valence-corrected chi connectivity index (χ2v) is 5.40. The number of aromatic nitrogens is 1. The quantitative estimate of drug-likeness (QED) is 0.836. The Morgan fingerprint density at radius 3 is 2.88 bits per heavy atom. The van der Waals surface area contributed by atoms with Crippen molar-refractivity contribution in [3.8, 4) is 0 Å². The summed E-state index contributed by atoms with van der Waals surface area (Å²) in [5.74, 6) is 1.76. The molecule has 94 valence electrons. The Hall–Kier alpha value is -0.870. The molecule has 2 fully saturated rings. The number of hydrogen-bond acceptors (Lipinski definition) is 4. The maximum atomic E-state index is 5.60. The van der Waals surface area contributed by atoms with E-state index in [1.54, 1.807) is 0 Å². The average molecular weight is 235 g/mol. The summed E-state index contributed by atoms with van der Waals surface area (Å²) in [5.41, 5.74) is 1.41. The van der Waals surface area contributed by atoms with E-state index in [1.165, 1.54) is 25.7 Å². The van der Waals surface area contributed by atoms with E-state index in [9.17, 15) is 0 Å². The first kappa shape index (κ1) is 11.2. The zero-order valence-corrected chi connectivity index (χ0v) is 10.7. The van der Waals surface area contributed by atoms with Crippen molar-refractivity contribution in [2.45, 2.75) is 57.7 Å². The normalized spacial score (nSPS) is 26.4. The maximum Gasteiger partial charge on any atom is 0.191 e. The van der Waals surface area contributed by atoms with Crippen molar-refractivity contribution in [2.24, 2.45) is 0 Å². The summed E-state index contributed by atoms with van der Waals surface area (Å²) < 4.78 is 5.60. The van der Waals surface area contributed by atoms with Crippen molar-refractivity contribution >= 4 is 0 Å². The second-order valence-electron chi connectivity index (χ2n) is 5.40. The number of aryl methyl sites for hydroxylation is 2. The molecule has 4 nitrogen and oxygen atoms in total. The molecular formula is C13H21N3O. The summed E-state index contributed by atoms with van der Waals surface area (Å²) in [5, 5.41) is 7.32. The lowest BCUT2D eigenvalue weighted by atomic mass is 9.73. The fraction of sp³-hybridized carbons (Fsp3) is 0.769. The first-order valence-corrected chi connectivity index (χ1v) is 6.61.